The number of carbonyl (C=O) groups excluding carboxylic acids is 2. The van der Waals surface area contributed by atoms with E-state index in [0.29, 0.717) is 23.9 Å². The number of phosphoric acid groups is 1. The SMILES string of the molecule is CCCCC/C=C\C/C=C\C/C=C\CCCCCCCCCCCCCCC(=O)OC(/C=C/CCCCCCCCCCCC)C(COP(=O)(O)OCC[N+](C)(C)C)NC(=O)CCCCCCCCCCCCCCC/C=C/CCCCCCCC. The number of unbranched alkanes of at least 4 members (excludes halogenated alkanes) is 44. The summed E-state index contributed by atoms with van der Waals surface area (Å²) >= 11 is 0. The molecule has 0 heterocycles. The largest absolute Gasteiger partial charge is 0.472 e. The molecular weight excluding hydrogens is 1080 g/mol. The first-order chi connectivity index (χ1) is 41.9. The standard InChI is InChI=1S/C76H143N2O7P/c1-7-10-13-16-19-22-25-28-30-32-34-36-38-39-41-43-45-47-49-51-54-57-60-63-66-69-76(80)85-74(67-64-61-58-55-52-27-24-21-18-15-12-9-3)73(72-84-86(81,82)83-71-70-78(4,5)6)77-75(79)68-65-62-59-56-53-50-48-46-44-42-40-37-35-33-31-29-26-23-20-17-14-11-8-2/h19,22,28-31,34,36,64,67,73-74H,7-18,20-21,23-27,32-33,35,37-63,65-66,68-72H2,1-6H3,(H-,77,79,81,82)/p+1/b22-19-,30-28-,31-29+,36-34-,67-64+. The maximum absolute atomic E-state index is 13.6. The van der Waals surface area contributed by atoms with E-state index in [1.165, 1.54) is 257 Å². The highest BCUT2D eigenvalue weighted by Gasteiger charge is 2.30. The zero-order valence-corrected chi connectivity index (χ0v) is 58.7. The summed E-state index contributed by atoms with van der Waals surface area (Å²) in [6.45, 7) is 7.03. The van der Waals surface area contributed by atoms with Gasteiger partial charge in [-0.05, 0) is 96.0 Å². The van der Waals surface area contributed by atoms with Crippen LogP contribution in [0.25, 0.3) is 0 Å². The molecule has 0 aliphatic rings. The van der Waals surface area contributed by atoms with Crippen molar-refractivity contribution in [3.8, 4) is 0 Å². The third-order valence-electron chi connectivity index (χ3n) is 16.7. The molecule has 9 nitrogen and oxygen atoms in total. The van der Waals surface area contributed by atoms with E-state index in [1.807, 2.05) is 33.3 Å². The van der Waals surface area contributed by atoms with E-state index in [9.17, 15) is 19.0 Å². The quantitative estimate of drug-likeness (QED) is 0.0205. The van der Waals surface area contributed by atoms with E-state index in [1.54, 1.807) is 0 Å². The zero-order valence-electron chi connectivity index (χ0n) is 57.8. The first-order valence-electron chi connectivity index (χ1n) is 37.1. The molecule has 0 spiro atoms. The Hall–Kier alpha value is -2.29. The minimum atomic E-state index is -4.46. The van der Waals surface area contributed by atoms with Crippen molar-refractivity contribution in [2.24, 2.45) is 0 Å². The monoisotopic (exact) mass is 1230 g/mol. The summed E-state index contributed by atoms with van der Waals surface area (Å²) in [5.74, 6) is -0.493. The zero-order chi connectivity index (χ0) is 62.8. The van der Waals surface area contributed by atoms with Crippen LogP contribution >= 0.6 is 7.82 Å². The van der Waals surface area contributed by atoms with Gasteiger partial charge in [0.25, 0.3) is 0 Å². The van der Waals surface area contributed by atoms with E-state index in [4.69, 9.17) is 13.8 Å². The molecule has 0 rings (SSSR count). The third-order valence-corrected chi connectivity index (χ3v) is 17.7. The first-order valence-corrected chi connectivity index (χ1v) is 38.6. The number of esters is 1. The molecule has 10 heteroatoms. The number of carbonyl (C=O) groups is 2. The summed E-state index contributed by atoms with van der Waals surface area (Å²) in [4.78, 5) is 38.0. The van der Waals surface area contributed by atoms with Crippen LogP contribution in [0.3, 0.4) is 0 Å². The van der Waals surface area contributed by atoms with Crippen LogP contribution in [-0.4, -0.2) is 74.3 Å². The van der Waals surface area contributed by atoms with E-state index in [2.05, 4.69) is 74.7 Å². The molecule has 0 aliphatic carbocycles. The van der Waals surface area contributed by atoms with Gasteiger partial charge in [0.1, 0.15) is 19.3 Å². The highest BCUT2D eigenvalue weighted by molar-refractivity contribution is 7.47. The molecule has 504 valence electrons. The third kappa shape index (κ3) is 66.1. The van der Waals surface area contributed by atoms with Gasteiger partial charge in [-0.3, -0.25) is 18.6 Å². The first kappa shape index (κ1) is 83.7. The topological polar surface area (TPSA) is 111 Å². The van der Waals surface area contributed by atoms with Crippen molar-refractivity contribution < 1.29 is 37.3 Å². The lowest BCUT2D eigenvalue weighted by molar-refractivity contribution is -0.870. The molecule has 0 aromatic carbocycles. The van der Waals surface area contributed by atoms with Gasteiger partial charge in [0, 0.05) is 12.8 Å². The maximum atomic E-state index is 13.6. The number of nitrogens with one attached hydrogen (secondary N) is 1. The minimum absolute atomic E-state index is 0.0405. The van der Waals surface area contributed by atoms with Gasteiger partial charge in [-0.15, -0.1) is 0 Å². The molecule has 0 saturated heterocycles. The lowest BCUT2D eigenvalue weighted by atomic mass is 10.0. The van der Waals surface area contributed by atoms with E-state index in [-0.39, 0.29) is 25.1 Å². The maximum Gasteiger partial charge on any atom is 0.472 e. The van der Waals surface area contributed by atoms with Gasteiger partial charge in [0.15, 0.2) is 0 Å². The van der Waals surface area contributed by atoms with Gasteiger partial charge in [0.2, 0.25) is 5.91 Å². The molecule has 3 atom stereocenters. The number of rotatable bonds is 68. The Morgan fingerprint density at radius 1 is 0.407 bits per heavy atom. The fourth-order valence-electron chi connectivity index (χ4n) is 10.9. The number of nitrogens with zero attached hydrogens (tertiary/aromatic N) is 1. The number of likely N-dealkylation sites (N-methyl/N-ethyl adjacent to an activating group) is 1. The van der Waals surface area contributed by atoms with Crippen LogP contribution in [-0.2, 0) is 27.9 Å². The van der Waals surface area contributed by atoms with E-state index >= 15 is 0 Å². The number of quaternary nitrogens is 1. The van der Waals surface area contributed by atoms with Gasteiger partial charge in [-0.1, -0.05) is 313 Å². The van der Waals surface area contributed by atoms with Crippen LogP contribution < -0.4 is 5.32 Å². The number of allylic oxidation sites excluding steroid dienone is 9. The molecule has 0 saturated carbocycles. The smallest absolute Gasteiger partial charge is 0.456 e. The molecule has 3 unspecified atom stereocenters. The molecule has 0 radical (unpaired) electrons. The second-order valence-electron chi connectivity index (χ2n) is 26.5. The van der Waals surface area contributed by atoms with Crippen LogP contribution in [0.4, 0.5) is 0 Å². The van der Waals surface area contributed by atoms with Gasteiger partial charge >= 0.3 is 13.8 Å². The summed E-state index contributed by atoms with van der Waals surface area (Å²) in [5, 5.41) is 3.08. The Morgan fingerprint density at radius 3 is 1.09 bits per heavy atom. The predicted molar refractivity (Wildman–Crippen MR) is 374 cm³/mol. The highest BCUT2D eigenvalue weighted by atomic mass is 31.2. The normalized spacial score (nSPS) is 13.8. The van der Waals surface area contributed by atoms with Crippen LogP contribution in [0.5, 0.6) is 0 Å². The van der Waals surface area contributed by atoms with E-state index < -0.39 is 20.0 Å². The number of hydrogen-bond donors (Lipinski definition) is 2. The summed E-state index contributed by atoms with van der Waals surface area (Å²) in [5.41, 5.74) is 0. The highest BCUT2D eigenvalue weighted by Crippen LogP contribution is 2.43. The van der Waals surface area contributed by atoms with Gasteiger partial charge in [0.05, 0.1) is 33.8 Å². The van der Waals surface area contributed by atoms with Crippen molar-refractivity contribution in [1.82, 2.24) is 5.32 Å². The molecule has 0 aliphatic heterocycles. The minimum Gasteiger partial charge on any atom is -0.456 e. The summed E-state index contributed by atoms with van der Waals surface area (Å²) in [6.07, 6.45) is 85.2. The average molecular weight is 1230 g/mol. The van der Waals surface area contributed by atoms with Crippen molar-refractivity contribution in [3.63, 3.8) is 0 Å². The molecule has 0 fully saturated rings. The lowest BCUT2D eigenvalue weighted by Crippen LogP contribution is -2.47. The summed E-state index contributed by atoms with van der Waals surface area (Å²) < 4.78 is 30.9. The van der Waals surface area contributed by atoms with Crippen molar-refractivity contribution in [2.45, 2.75) is 373 Å². The number of ether oxygens (including phenoxy) is 1. The fourth-order valence-corrected chi connectivity index (χ4v) is 11.7. The molecule has 86 heavy (non-hydrogen) atoms. The van der Waals surface area contributed by atoms with Crippen LogP contribution in [0.15, 0.2) is 60.8 Å². The Kier molecular flexibility index (Phi) is 63.9. The molecule has 0 bridgehead atoms. The Bertz CT molecular complexity index is 1650. The Morgan fingerprint density at radius 2 is 0.709 bits per heavy atom. The van der Waals surface area contributed by atoms with Crippen LogP contribution in [0, 0.1) is 0 Å². The van der Waals surface area contributed by atoms with Crippen molar-refractivity contribution in [1.29, 1.82) is 0 Å². The molecule has 0 aromatic heterocycles. The van der Waals surface area contributed by atoms with Gasteiger partial charge in [-0.2, -0.15) is 0 Å². The van der Waals surface area contributed by atoms with Gasteiger partial charge in [-0.25, -0.2) is 4.57 Å². The van der Waals surface area contributed by atoms with Crippen molar-refractivity contribution in [2.75, 3.05) is 40.9 Å². The molecule has 1 amide bonds. The molecule has 0 aromatic rings. The van der Waals surface area contributed by atoms with Crippen molar-refractivity contribution in [3.05, 3.63) is 60.8 Å². The second kappa shape index (κ2) is 65.7. The lowest BCUT2D eigenvalue weighted by Gasteiger charge is -2.27. The van der Waals surface area contributed by atoms with Crippen LogP contribution in [0.2, 0.25) is 0 Å². The molecular formula is C76H144N2O7P+. The van der Waals surface area contributed by atoms with Crippen molar-refractivity contribution >= 4 is 19.7 Å². The number of phosphoric ester groups is 1. The Labute approximate surface area is 534 Å². The summed E-state index contributed by atoms with van der Waals surface area (Å²) in [7, 11) is 1.51. The predicted octanol–water partition coefficient (Wildman–Crippen LogP) is 23.7. The number of amides is 1. The van der Waals surface area contributed by atoms with Gasteiger partial charge < -0.3 is 19.4 Å². The Balaban J connectivity index is 5.01. The second-order valence-corrected chi connectivity index (χ2v) is 27.9. The summed E-state index contributed by atoms with van der Waals surface area (Å²) in [6, 6.07) is -0.850. The van der Waals surface area contributed by atoms with Crippen LogP contribution in [0.1, 0.15) is 361 Å². The molecule has 2 N–H and O–H groups in total. The average Bonchev–Trinajstić information content (AvgIpc) is 3.65. The van der Waals surface area contributed by atoms with E-state index in [0.717, 1.165) is 70.6 Å². The number of hydrogen-bond acceptors (Lipinski definition) is 6. The fraction of sp³-hybridized carbons (Fsp3) is 0.842.